The third-order valence-electron chi connectivity index (χ3n) is 3.91. The summed E-state index contributed by atoms with van der Waals surface area (Å²) >= 11 is 5.55. The molecule has 1 saturated heterocycles. The van der Waals surface area contributed by atoms with Crippen molar-refractivity contribution in [3.8, 4) is 0 Å². The number of likely N-dealkylation sites (tertiary alicyclic amines) is 1. The summed E-state index contributed by atoms with van der Waals surface area (Å²) in [5.74, 6) is 0. The second-order valence-corrected chi connectivity index (χ2v) is 5.60. The van der Waals surface area contributed by atoms with Gasteiger partial charge in [-0.3, -0.25) is 0 Å². The molecule has 1 heterocycles. The van der Waals surface area contributed by atoms with Gasteiger partial charge in [-0.25, -0.2) is 0 Å². The van der Waals surface area contributed by atoms with Crippen LogP contribution in [0, 0.1) is 13.8 Å². The van der Waals surface area contributed by atoms with E-state index in [9.17, 15) is 0 Å². The van der Waals surface area contributed by atoms with Crippen molar-refractivity contribution < 1.29 is 0 Å². The highest BCUT2D eigenvalue weighted by molar-refractivity contribution is 7.80. The lowest BCUT2D eigenvalue weighted by Crippen LogP contribution is -2.44. The third-order valence-corrected chi connectivity index (χ3v) is 4.25. The lowest BCUT2D eigenvalue weighted by molar-refractivity contribution is 0.262. The normalized spacial score (nSPS) is 19.7. The predicted molar refractivity (Wildman–Crippen MR) is 82.2 cm³/mol. The summed E-state index contributed by atoms with van der Waals surface area (Å²) in [5, 5.41) is 4.28. The molecule has 0 spiro atoms. The molecule has 3 heteroatoms. The van der Waals surface area contributed by atoms with Crippen LogP contribution in [0.25, 0.3) is 0 Å². The maximum Gasteiger partial charge on any atom is 0.173 e. The third kappa shape index (κ3) is 2.83. The summed E-state index contributed by atoms with van der Waals surface area (Å²) in [4.78, 5) is 2.32. The van der Waals surface area contributed by atoms with Crippen molar-refractivity contribution in [2.24, 2.45) is 0 Å². The molecule has 1 aromatic carbocycles. The van der Waals surface area contributed by atoms with Crippen molar-refractivity contribution in [1.29, 1.82) is 0 Å². The van der Waals surface area contributed by atoms with Crippen molar-refractivity contribution >= 4 is 23.0 Å². The van der Waals surface area contributed by atoms with Crippen LogP contribution in [0.1, 0.15) is 37.3 Å². The van der Waals surface area contributed by atoms with E-state index >= 15 is 0 Å². The van der Waals surface area contributed by atoms with Crippen LogP contribution in [0.3, 0.4) is 0 Å². The van der Waals surface area contributed by atoms with Gasteiger partial charge in [-0.15, -0.1) is 0 Å². The number of anilines is 1. The fourth-order valence-corrected chi connectivity index (χ4v) is 2.85. The Kier molecular flexibility index (Phi) is 4.23. The molecule has 1 aliphatic heterocycles. The number of hydrogen-bond donors (Lipinski definition) is 1. The summed E-state index contributed by atoms with van der Waals surface area (Å²) in [6.45, 7) is 7.61. The number of hydrogen-bond acceptors (Lipinski definition) is 1. The highest BCUT2D eigenvalue weighted by Gasteiger charge is 2.20. The van der Waals surface area contributed by atoms with Crippen LogP contribution in [-0.2, 0) is 0 Å². The molecule has 0 aromatic heterocycles. The number of nitrogens with one attached hydrogen (secondary N) is 1. The summed E-state index contributed by atoms with van der Waals surface area (Å²) in [6, 6.07) is 6.87. The van der Waals surface area contributed by atoms with Crippen LogP contribution in [0.4, 0.5) is 5.69 Å². The first kappa shape index (κ1) is 13.3. The summed E-state index contributed by atoms with van der Waals surface area (Å²) in [5.41, 5.74) is 3.72. The van der Waals surface area contributed by atoms with Crippen molar-refractivity contribution in [2.75, 3.05) is 11.9 Å². The molecule has 1 aromatic rings. The highest BCUT2D eigenvalue weighted by Crippen LogP contribution is 2.21. The molecule has 1 N–H and O–H groups in total. The Labute approximate surface area is 115 Å². The van der Waals surface area contributed by atoms with E-state index in [1.807, 2.05) is 0 Å². The van der Waals surface area contributed by atoms with Gasteiger partial charge in [0.05, 0.1) is 0 Å². The fraction of sp³-hybridized carbons (Fsp3) is 0.533. The first-order chi connectivity index (χ1) is 8.59. The Balaban J connectivity index is 2.09. The van der Waals surface area contributed by atoms with Crippen molar-refractivity contribution in [1.82, 2.24) is 4.90 Å². The lowest BCUT2D eigenvalue weighted by atomic mass is 10.0. The molecule has 2 nitrogen and oxygen atoms in total. The minimum atomic E-state index is 0.559. The SMILES string of the molecule is Cc1cccc(NC(=S)N2CCCC[C@@H]2C)c1C. The van der Waals surface area contributed by atoms with Gasteiger partial charge >= 0.3 is 0 Å². The second kappa shape index (κ2) is 5.70. The molecule has 1 aliphatic rings. The standard InChI is InChI=1S/C15H22N2S/c1-11-7-6-9-14(13(11)3)16-15(18)17-10-5-4-8-12(17)2/h6-7,9,12H,4-5,8,10H2,1-3H3,(H,16,18)/t12-/m0/s1. The second-order valence-electron chi connectivity index (χ2n) is 5.22. The smallest absolute Gasteiger partial charge is 0.173 e. The van der Waals surface area contributed by atoms with Crippen LogP contribution in [0.15, 0.2) is 18.2 Å². The molecule has 1 fully saturated rings. The Bertz CT molecular complexity index is 442. The zero-order valence-electron chi connectivity index (χ0n) is 11.5. The summed E-state index contributed by atoms with van der Waals surface area (Å²) in [6.07, 6.45) is 3.82. The van der Waals surface area contributed by atoms with E-state index in [1.54, 1.807) is 0 Å². The minimum absolute atomic E-state index is 0.559. The molecule has 0 aliphatic carbocycles. The molecule has 18 heavy (non-hydrogen) atoms. The zero-order valence-corrected chi connectivity index (χ0v) is 12.3. The molecule has 0 saturated carbocycles. The monoisotopic (exact) mass is 262 g/mol. The zero-order chi connectivity index (χ0) is 13.1. The Morgan fingerprint density at radius 2 is 2.11 bits per heavy atom. The average Bonchev–Trinajstić information content (AvgIpc) is 2.35. The van der Waals surface area contributed by atoms with E-state index in [1.165, 1.54) is 30.4 Å². The van der Waals surface area contributed by atoms with E-state index < -0.39 is 0 Å². The Morgan fingerprint density at radius 3 is 2.83 bits per heavy atom. The van der Waals surface area contributed by atoms with Crippen molar-refractivity contribution in [3.63, 3.8) is 0 Å². The highest BCUT2D eigenvalue weighted by atomic mass is 32.1. The molecule has 0 amide bonds. The summed E-state index contributed by atoms with van der Waals surface area (Å²) in [7, 11) is 0. The van der Waals surface area contributed by atoms with E-state index in [0.29, 0.717) is 6.04 Å². The predicted octanol–water partition coefficient (Wildman–Crippen LogP) is 3.87. The van der Waals surface area contributed by atoms with Crippen LogP contribution >= 0.6 is 12.2 Å². The molecule has 0 radical (unpaired) electrons. The maximum absolute atomic E-state index is 5.55. The van der Waals surface area contributed by atoms with Crippen LogP contribution in [0.5, 0.6) is 0 Å². The molecule has 2 rings (SSSR count). The number of aryl methyl sites for hydroxylation is 1. The molecular weight excluding hydrogens is 240 g/mol. The van der Waals surface area contributed by atoms with Crippen LogP contribution in [0.2, 0.25) is 0 Å². The number of thiocarbonyl (C=S) groups is 1. The van der Waals surface area contributed by atoms with Crippen molar-refractivity contribution in [3.05, 3.63) is 29.3 Å². The lowest BCUT2D eigenvalue weighted by Gasteiger charge is -2.35. The van der Waals surface area contributed by atoms with E-state index in [2.05, 4.69) is 49.2 Å². The van der Waals surface area contributed by atoms with Crippen molar-refractivity contribution in [2.45, 2.75) is 46.1 Å². The number of piperidine rings is 1. The maximum atomic E-state index is 5.55. The average molecular weight is 262 g/mol. The van der Waals surface area contributed by atoms with Gasteiger partial charge < -0.3 is 10.2 Å². The first-order valence-corrected chi connectivity index (χ1v) is 7.14. The van der Waals surface area contributed by atoms with Gasteiger partial charge in [0, 0.05) is 18.3 Å². The van der Waals surface area contributed by atoms with E-state index in [-0.39, 0.29) is 0 Å². The van der Waals surface area contributed by atoms with Gasteiger partial charge in [0.15, 0.2) is 5.11 Å². The first-order valence-electron chi connectivity index (χ1n) is 6.73. The molecule has 0 unspecified atom stereocenters. The Morgan fingerprint density at radius 1 is 1.33 bits per heavy atom. The van der Waals surface area contributed by atoms with Crippen LogP contribution < -0.4 is 5.32 Å². The van der Waals surface area contributed by atoms with Gasteiger partial charge in [-0.2, -0.15) is 0 Å². The van der Waals surface area contributed by atoms with Crippen LogP contribution in [-0.4, -0.2) is 22.6 Å². The largest absolute Gasteiger partial charge is 0.346 e. The van der Waals surface area contributed by atoms with Gasteiger partial charge in [0.25, 0.3) is 0 Å². The number of rotatable bonds is 1. The minimum Gasteiger partial charge on any atom is -0.346 e. The Hall–Kier alpha value is -1.09. The number of benzene rings is 1. The molecular formula is C15H22N2S. The molecule has 98 valence electrons. The van der Waals surface area contributed by atoms with E-state index in [0.717, 1.165) is 17.3 Å². The van der Waals surface area contributed by atoms with Gasteiger partial charge in [0.2, 0.25) is 0 Å². The van der Waals surface area contributed by atoms with Gasteiger partial charge in [-0.1, -0.05) is 12.1 Å². The molecule has 0 bridgehead atoms. The quantitative estimate of drug-likeness (QED) is 0.773. The summed E-state index contributed by atoms with van der Waals surface area (Å²) < 4.78 is 0. The molecule has 1 atom stereocenters. The van der Waals surface area contributed by atoms with E-state index in [4.69, 9.17) is 12.2 Å². The fourth-order valence-electron chi connectivity index (χ4n) is 2.47. The topological polar surface area (TPSA) is 15.3 Å². The van der Waals surface area contributed by atoms with Gasteiger partial charge in [0.1, 0.15) is 0 Å². The number of nitrogens with zero attached hydrogens (tertiary/aromatic N) is 1. The van der Waals surface area contributed by atoms with Gasteiger partial charge in [-0.05, 0) is 69.4 Å².